The topological polar surface area (TPSA) is 45.5 Å². The van der Waals surface area contributed by atoms with Gasteiger partial charge in [0.1, 0.15) is 0 Å². The molecule has 0 aliphatic rings. The molecule has 0 aliphatic heterocycles. The molecule has 4 heteroatoms. The summed E-state index contributed by atoms with van der Waals surface area (Å²) < 4.78 is 5.63. The Bertz CT molecular complexity index is 299. The lowest BCUT2D eigenvalue weighted by atomic mass is 10.00. The predicted octanol–water partition coefficient (Wildman–Crippen LogP) is 3.52. The second-order valence-electron chi connectivity index (χ2n) is 7.78. The third-order valence-electron chi connectivity index (χ3n) is 2.26. The second kappa shape index (κ2) is 6.21. The van der Waals surface area contributed by atoms with Gasteiger partial charge in [0.05, 0.1) is 18.3 Å². The van der Waals surface area contributed by atoms with Gasteiger partial charge in [-0.05, 0) is 62.3 Å². The van der Waals surface area contributed by atoms with Gasteiger partial charge < -0.3 is 4.74 Å². The van der Waals surface area contributed by atoms with Crippen LogP contribution in [0.1, 0.15) is 62.3 Å². The molecule has 0 aliphatic carbocycles. The van der Waals surface area contributed by atoms with Crippen LogP contribution < -0.4 is 0 Å². The van der Waals surface area contributed by atoms with Crippen molar-refractivity contribution in [3.63, 3.8) is 0 Å². The van der Waals surface area contributed by atoms with Crippen molar-refractivity contribution in [2.75, 3.05) is 6.61 Å². The third-order valence-corrected chi connectivity index (χ3v) is 2.26. The predicted molar refractivity (Wildman–Crippen MR) is 77.5 cm³/mol. The molecule has 0 radical (unpaired) electrons. The molecule has 0 saturated carbocycles. The van der Waals surface area contributed by atoms with E-state index in [0.29, 0.717) is 0 Å². The van der Waals surface area contributed by atoms with E-state index in [-0.39, 0.29) is 23.3 Å². The van der Waals surface area contributed by atoms with Gasteiger partial charge in [0.2, 0.25) is 0 Å². The summed E-state index contributed by atoms with van der Waals surface area (Å²) >= 11 is 0. The van der Waals surface area contributed by atoms with Gasteiger partial charge in [-0.3, -0.25) is 4.84 Å². The minimum Gasteiger partial charge on any atom is -0.372 e. The minimum atomic E-state index is -0.599. The van der Waals surface area contributed by atoms with E-state index < -0.39 is 6.10 Å². The highest BCUT2D eigenvalue weighted by atomic mass is 16.7. The van der Waals surface area contributed by atoms with Crippen molar-refractivity contribution < 1.29 is 9.57 Å². The standard InChI is InChI=1S/C15H30N2O2/c1-13(2,3)17(14(4,5)6)19-12(10-16)11-18-15(7,8)9/h12H,11H2,1-9H3. The van der Waals surface area contributed by atoms with Gasteiger partial charge in [0.15, 0.2) is 6.10 Å². The fourth-order valence-electron chi connectivity index (χ4n) is 1.87. The molecule has 0 fully saturated rings. The van der Waals surface area contributed by atoms with Crippen LogP contribution in [0, 0.1) is 11.3 Å². The number of rotatable bonds is 4. The molecular formula is C15H30N2O2. The molecule has 0 rings (SSSR count). The molecular weight excluding hydrogens is 240 g/mol. The summed E-state index contributed by atoms with van der Waals surface area (Å²) in [5, 5.41) is 11.1. The lowest BCUT2D eigenvalue weighted by Gasteiger charge is -2.44. The maximum Gasteiger partial charge on any atom is 0.188 e. The van der Waals surface area contributed by atoms with Crippen molar-refractivity contribution in [2.24, 2.45) is 0 Å². The molecule has 1 atom stereocenters. The van der Waals surface area contributed by atoms with Gasteiger partial charge in [0, 0.05) is 11.1 Å². The lowest BCUT2D eigenvalue weighted by molar-refractivity contribution is -0.281. The minimum absolute atomic E-state index is 0.185. The number of hydrogen-bond acceptors (Lipinski definition) is 4. The zero-order chi connectivity index (χ0) is 15.5. The maximum absolute atomic E-state index is 9.22. The van der Waals surface area contributed by atoms with Gasteiger partial charge in [-0.2, -0.15) is 10.3 Å². The molecule has 4 nitrogen and oxygen atoms in total. The highest BCUT2D eigenvalue weighted by Gasteiger charge is 2.35. The molecule has 0 saturated heterocycles. The Kier molecular flexibility index (Phi) is 6.01. The van der Waals surface area contributed by atoms with Gasteiger partial charge in [-0.25, -0.2) is 0 Å². The highest BCUT2D eigenvalue weighted by molar-refractivity contribution is 4.88. The first-order chi connectivity index (χ1) is 8.27. The first-order valence-electron chi connectivity index (χ1n) is 6.78. The Morgan fingerprint density at radius 2 is 1.37 bits per heavy atom. The van der Waals surface area contributed by atoms with Gasteiger partial charge in [0.25, 0.3) is 0 Å². The molecule has 112 valence electrons. The second-order valence-corrected chi connectivity index (χ2v) is 7.78. The fraction of sp³-hybridized carbons (Fsp3) is 0.933. The zero-order valence-electron chi connectivity index (χ0n) is 14.0. The molecule has 0 amide bonds. The summed E-state index contributed by atoms with van der Waals surface area (Å²) in [7, 11) is 0. The van der Waals surface area contributed by atoms with Crippen LogP contribution in [0.15, 0.2) is 0 Å². The summed E-state index contributed by atoms with van der Waals surface area (Å²) in [5.41, 5.74) is -0.642. The molecule has 0 heterocycles. The summed E-state index contributed by atoms with van der Waals surface area (Å²) in [4.78, 5) is 5.87. The Morgan fingerprint density at radius 1 is 0.947 bits per heavy atom. The van der Waals surface area contributed by atoms with Crippen LogP contribution in [0.4, 0.5) is 0 Å². The van der Waals surface area contributed by atoms with Gasteiger partial charge in [-0.1, -0.05) is 0 Å². The highest BCUT2D eigenvalue weighted by Crippen LogP contribution is 2.26. The largest absolute Gasteiger partial charge is 0.372 e. The Hall–Kier alpha value is -0.630. The molecule has 0 spiro atoms. The van der Waals surface area contributed by atoms with E-state index in [1.54, 1.807) is 0 Å². The van der Waals surface area contributed by atoms with Gasteiger partial charge in [-0.15, -0.1) is 0 Å². The van der Waals surface area contributed by atoms with Crippen molar-refractivity contribution >= 4 is 0 Å². The van der Waals surface area contributed by atoms with Crippen molar-refractivity contribution in [3.8, 4) is 6.07 Å². The smallest absolute Gasteiger partial charge is 0.188 e. The summed E-state index contributed by atoms with van der Waals surface area (Å²) in [6.45, 7) is 18.6. The summed E-state index contributed by atoms with van der Waals surface area (Å²) in [6, 6.07) is 2.16. The van der Waals surface area contributed by atoms with Crippen molar-refractivity contribution in [1.29, 1.82) is 5.26 Å². The Morgan fingerprint density at radius 3 is 1.63 bits per heavy atom. The monoisotopic (exact) mass is 270 g/mol. The normalized spacial score (nSPS) is 15.4. The number of ether oxygens (including phenoxy) is 1. The number of hydroxylamine groups is 2. The number of nitrogens with zero attached hydrogens (tertiary/aromatic N) is 2. The SMILES string of the molecule is CC(C)(C)OCC(C#N)ON(C(C)(C)C)C(C)(C)C. The van der Waals surface area contributed by atoms with E-state index in [4.69, 9.17) is 9.57 Å². The van der Waals surface area contributed by atoms with E-state index in [0.717, 1.165) is 0 Å². The Balaban J connectivity index is 4.79. The number of hydrogen-bond donors (Lipinski definition) is 0. The van der Waals surface area contributed by atoms with Crippen LogP contribution in [0.2, 0.25) is 0 Å². The van der Waals surface area contributed by atoms with Crippen LogP contribution in [-0.4, -0.2) is 34.5 Å². The molecule has 0 aromatic rings. The molecule has 0 aromatic carbocycles. The first-order valence-corrected chi connectivity index (χ1v) is 6.78. The Labute approximate surface area is 118 Å². The van der Waals surface area contributed by atoms with Crippen LogP contribution in [0.5, 0.6) is 0 Å². The van der Waals surface area contributed by atoms with Crippen LogP contribution in [0.25, 0.3) is 0 Å². The molecule has 0 N–H and O–H groups in total. The first kappa shape index (κ1) is 18.4. The van der Waals surface area contributed by atoms with Crippen molar-refractivity contribution in [3.05, 3.63) is 0 Å². The average Bonchev–Trinajstić information content (AvgIpc) is 2.12. The van der Waals surface area contributed by atoms with E-state index in [1.165, 1.54) is 0 Å². The lowest BCUT2D eigenvalue weighted by Crippen LogP contribution is -2.54. The van der Waals surface area contributed by atoms with Gasteiger partial charge >= 0.3 is 0 Å². The summed E-state index contributed by atoms with van der Waals surface area (Å²) in [5.74, 6) is 0. The van der Waals surface area contributed by atoms with Crippen LogP contribution >= 0.6 is 0 Å². The molecule has 0 bridgehead atoms. The van der Waals surface area contributed by atoms with Crippen LogP contribution in [-0.2, 0) is 9.57 Å². The number of nitriles is 1. The molecule has 19 heavy (non-hydrogen) atoms. The van der Waals surface area contributed by atoms with E-state index in [1.807, 2.05) is 25.8 Å². The fourth-order valence-corrected chi connectivity index (χ4v) is 1.87. The zero-order valence-corrected chi connectivity index (χ0v) is 14.0. The quantitative estimate of drug-likeness (QED) is 0.733. The third kappa shape index (κ3) is 7.51. The van der Waals surface area contributed by atoms with E-state index in [2.05, 4.69) is 47.6 Å². The summed E-state index contributed by atoms with van der Waals surface area (Å²) in [6.07, 6.45) is -0.599. The van der Waals surface area contributed by atoms with E-state index >= 15 is 0 Å². The van der Waals surface area contributed by atoms with Crippen LogP contribution in [0.3, 0.4) is 0 Å². The average molecular weight is 270 g/mol. The maximum atomic E-state index is 9.22. The van der Waals surface area contributed by atoms with E-state index in [9.17, 15) is 5.26 Å². The van der Waals surface area contributed by atoms with Crippen molar-refractivity contribution in [1.82, 2.24) is 5.06 Å². The molecule has 0 aromatic heterocycles. The van der Waals surface area contributed by atoms with Crippen molar-refractivity contribution in [2.45, 2.75) is 85.1 Å². The molecule has 1 unspecified atom stereocenters.